The monoisotopic (exact) mass is 161 g/mol. The van der Waals surface area contributed by atoms with E-state index in [1.165, 1.54) is 6.39 Å². The quantitative estimate of drug-likeness (QED) is 0.635. The van der Waals surface area contributed by atoms with Crippen molar-refractivity contribution in [2.45, 2.75) is 6.92 Å². The van der Waals surface area contributed by atoms with Gasteiger partial charge in [-0.3, -0.25) is 4.98 Å². The second kappa shape index (κ2) is 2.73. The molecule has 12 heavy (non-hydrogen) atoms. The molecular weight excluding hydrogens is 154 g/mol. The van der Waals surface area contributed by atoms with Gasteiger partial charge in [0.05, 0.1) is 18.1 Å². The molecule has 0 bridgehead atoms. The van der Waals surface area contributed by atoms with Crippen molar-refractivity contribution in [1.29, 1.82) is 0 Å². The minimum absolute atomic E-state index is 0.641. The van der Waals surface area contributed by atoms with E-state index >= 15 is 0 Å². The van der Waals surface area contributed by atoms with Crippen LogP contribution in [0.25, 0.3) is 11.5 Å². The van der Waals surface area contributed by atoms with Gasteiger partial charge in [-0.25, -0.2) is 9.97 Å². The molecule has 0 aliphatic rings. The maximum absolute atomic E-state index is 5.05. The Kier molecular flexibility index (Phi) is 1.59. The predicted molar refractivity (Wildman–Crippen MR) is 42.3 cm³/mol. The largest absolute Gasteiger partial charge is 0.442 e. The van der Waals surface area contributed by atoms with Crippen molar-refractivity contribution in [2.75, 3.05) is 0 Å². The molecule has 0 atom stereocenters. The third kappa shape index (κ3) is 1.18. The van der Waals surface area contributed by atoms with E-state index in [0.29, 0.717) is 11.5 Å². The van der Waals surface area contributed by atoms with E-state index in [1.807, 2.05) is 6.92 Å². The zero-order chi connectivity index (χ0) is 8.39. The molecular formula is C8H7N3O. The molecule has 60 valence electrons. The lowest BCUT2D eigenvalue weighted by Gasteiger charge is -1.93. The Morgan fingerprint density at radius 1 is 1.17 bits per heavy atom. The van der Waals surface area contributed by atoms with Crippen LogP contribution in [0.15, 0.2) is 29.4 Å². The molecule has 0 N–H and O–H groups in total. The molecule has 0 spiro atoms. The molecule has 0 unspecified atom stereocenters. The predicted octanol–water partition coefficient (Wildman–Crippen LogP) is 1.44. The van der Waals surface area contributed by atoms with Crippen molar-refractivity contribution in [3.8, 4) is 11.5 Å². The van der Waals surface area contributed by atoms with Crippen LogP contribution in [-0.4, -0.2) is 15.0 Å². The lowest BCUT2D eigenvalue weighted by atomic mass is 10.3. The standard InChI is InChI=1S/C8H7N3O/c1-6-2-11-7(3-10-6)8-4-9-5-12-8/h2-5H,1H3. The fourth-order valence-corrected chi connectivity index (χ4v) is 0.862. The minimum Gasteiger partial charge on any atom is -0.442 e. The second-order valence-corrected chi connectivity index (χ2v) is 2.41. The van der Waals surface area contributed by atoms with Crippen molar-refractivity contribution in [3.63, 3.8) is 0 Å². The van der Waals surface area contributed by atoms with Crippen molar-refractivity contribution in [1.82, 2.24) is 15.0 Å². The summed E-state index contributed by atoms with van der Waals surface area (Å²) in [6.45, 7) is 1.89. The summed E-state index contributed by atoms with van der Waals surface area (Å²) >= 11 is 0. The molecule has 0 aliphatic carbocycles. The zero-order valence-corrected chi connectivity index (χ0v) is 6.56. The van der Waals surface area contributed by atoms with Gasteiger partial charge in [-0.05, 0) is 6.92 Å². The van der Waals surface area contributed by atoms with Gasteiger partial charge in [-0.15, -0.1) is 0 Å². The molecule has 0 fully saturated rings. The van der Waals surface area contributed by atoms with Crippen molar-refractivity contribution in [3.05, 3.63) is 30.7 Å². The summed E-state index contributed by atoms with van der Waals surface area (Å²) in [4.78, 5) is 12.0. The van der Waals surface area contributed by atoms with Crippen LogP contribution in [0.1, 0.15) is 5.69 Å². The Morgan fingerprint density at radius 3 is 2.67 bits per heavy atom. The molecule has 0 aliphatic heterocycles. The van der Waals surface area contributed by atoms with E-state index in [0.717, 1.165) is 5.69 Å². The van der Waals surface area contributed by atoms with Crippen LogP contribution >= 0.6 is 0 Å². The lowest BCUT2D eigenvalue weighted by molar-refractivity contribution is 0.569. The van der Waals surface area contributed by atoms with Gasteiger partial charge in [0, 0.05) is 6.20 Å². The molecule has 0 amide bonds. The van der Waals surface area contributed by atoms with E-state index in [9.17, 15) is 0 Å². The van der Waals surface area contributed by atoms with Gasteiger partial charge in [0.1, 0.15) is 5.69 Å². The van der Waals surface area contributed by atoms with Gasteiger partial charge >= 0.3 is 0 Å². The van der Waals surface area contributed by atoms with Crippen molar-refractivity contribution in [2.24, 2.45) is 0 Å². The van der Waals surface area contributed by atoms with Gasteiger partial charge in [0.15, 0.2) is 12.2 Å². The molecule has 2 rings (SSSR count). The third-order valence-electron chi connectivity index (χ3n) is 1.47. The van der Waals surface area contributed by atoms with Crippen LogP contribution in [0, 0.1) is 6.92 Å². The SMILES string of the molecule is Cc1cnc(-c2cnco2)cn1. The van der Waals surface area contributed by atoms with E-state index in [1.54, 1.807) is 18.6 Å². The Bertz CT molecular complexity index is 352. The summed E-state index contributed by atoms with van der Waals surface area (Å²) in [5.74, 6) is 0.641. The molecule has 4 heteroatoms. The summed E-state index contributed by atoms with van der Waals surface area (Å²) in [7, 11) is 0. The molecule has 0 saturated carbocycles. The number of hydrogen-bond donors (Lipinski definition) is 0. The Balaban J connectivity index is 2.43. The Morgan fingerprint density at radius 2 is 2.08 bits per heavy atom. The minimum atomic E-state index is 0.641. The van der Waals surface area contributed by atoms with Crippen LogP contribution in [0.5, 0.6) is 0 Å². The lowest BCUT2D eigenvalue weighted by Crippen LogP contribution is -1.85. The maximum atomic E-state index is 5.05. The summed E-state index contributed by atoms with van der Waals surface area (Å²) < 4.78 is 5.05. The number of nitrogens with zero attached hydrogens (tertiary/aromatic N) is 3. The third-order valence-corrected chi connectivity index (χ3v) is 1.47. The first kappa shape index (κ1) is 6.97. The average Bonchev–Trinajstić information content (AvgIpc) is 2.58. The highest BCUT2D eigenvalue weighted by Crippen LogP contribution is 2.13. The highest BCUT2D eigenvalue weighted by atomic mass is 16.3. The van der Waals surface area contributed by atoms with Crippen LogP contribution in [0.2, 0.25) is 0 Å². The summed E-state index contributed by atoms with van der Waals surface area (Å²) in [5, 5.41) is 0. The Labute approximate surface area is 69.3 Å². The number of oxazole rings is 1. The second-order valence-electron chi connectivity index (χ2n) is 2.41. The topological polar surface area (TPSA) is 51.8 Å². The number of rotatable bonds is 1. The van der Waals surface area contributed by atoms with E-state index in [-0.39, 0.29) is 0 Å². The smallest absolute Gasteiger partial charge is 0.181 e. The fourth-order valence-electron chi connectivity index (χ4n) is 0.862. The van der Waals surface area contributed by atoms with Crippen molar-refractivity contribution < 1.29 is 4.42 Å². The molecule has 4 nitrogen and oxygen atoms in total. The molecule has 2 aromatic rings. The number of hydrogen-bond acceptors (Lipinski definition) is 4. The van der Waals surface area contributed by atoms with Gasteiger partial charge < -0.3 is 4.42 Å². The molecule has 2 aromatic heterocycles. The van der Waals surface area contributed by atoms with Gasteiger partial charge in [0.25, 0.3) is 0 Å². The highest BCUT2D eigenvalue weighted by molar-refractivity contribution is 5.48. The van der Waals surface area contributed by atoms with Gasteiger partial charge in [0.2, 0.25) is 0 Å². The average molecular weight is 161 g/mol. The molecule has 2 heterocycles. The summed E-state index contributed by atoms with van der Waals surface area (Å²) in [5.41, 5.74) is 1.59. The van der Waals surface area contributed by atoms with E-state index < -0.39 is 0 Å². The molecule has 0 aromatic carbocycles. The summed E-state index contributed by atoms with van der Waals surface area (Å²) in [6.07, 6.45) is 6.34. The first-order valence-electron chi connectivity index (χ1n) is 3.54. The van der Waals surface area contributed by atoms with Crippen LogP contribution in [-0.2, 0) is 0 Å². The normalized spacial score (nSPS) is 10.1. The van der Waals surface area contributed by atoms with Crippen LogP contribution in [0.4, 0.5) is 0 Å². The number of aromatic nitrogens is 3. The van der Waals surface area contributed by atoms with Crippen LogP contribution in [0.3, 0.4) is 0 Å². The van der Waals surface area contributed by atoms with E-state index in [2.05, 4.69) is 15.0 Å². The fraction of sp³-hybridized carbons (Fsp3) is 0.125. The molecule has 0 saturated heterocycles. The van der Waals surface area contributed by atoms with Gasteiger partial charge in [-0.2, -0.15) is 0 Å². The summed E-state index contributed by atoms with van der Waals surface area (Å²) in [6, 6.07) is 0. The van der Waals surface area contributed by atoms with Crippen molar-refractivity contribution >= 4 is 0 Å². The van der Waals surface area contributed by atoms with E-state index in [4.69, 9.17) is 4.42 Å². The molecule has 0 radical (unpaired) electrons. The van der Waals surface area contributed by atoms with Crippen LogP contribution < -0.4 is 0 Å². The maximum Gasteiger partial charge on any atom is 0.181 e. The van der Waals surface area contributed by atoms with Gasteiger partial charge in [-0.1, -0.05) is 0 Å². The highest BCUT2D eigenvalue weighted by Gasteiger charge is 2.01. The zero-order valence-electron chi connectivity index (χ0n) is 6.56. The number of aryl methyl sites for hydroxylation is 1. The first-order valence-corrected chi connectivity index (χ1v) is 3.54. The Hall–Kier alpha value is -1.71. The first-order chi connectivity index (χ1) is 5.86.